The molecule has 2 N–H and O–H groups in total. The van der Waals surface area contributed by atoms with E-state index in [2.05, 4.69) is 16.9 Å². The molecule has 1 fully saturated rings. The minimum atomic E-state index is -0.835. The van der Waals surface area contributed by atoms with Crippen molar-refractivity contribution in [2.45, 2.75) is 38.3 Å². The summed E-state index contributed by atoms with van der Waals surface area (Å²) in [5.41, 5.74) is 0.486. The Morgan fingerprint density at radius 3 is 2.70 bits per heavy atom. The van der Waals surface area contributed by atoms with Crippen molar-refractivity contribution in [1.82, 2.24) is 19.4 Å². The molecule has 4 rings (SSSR count). The van der Waals surface area contributed by atoms with Gasteiger partial charge in [-0.25, -0.2) is 4.98 Å². The molecule has 0 atom stereocenters. The molecule has 8 heteroatoms. The lowest BCUT2D eigenvalue weighted by Crippen LogP contribution is -2.48. The molecule has 3 heterocycles. The number of carbonyl (C=O) groups excluding carboxylic acids is 1. The van der Waals surface area contributed by atoms with Gasteiger partial charge in [-0.2, -0.15) is 0 Å². The first-order valence-electron chi connectivity index (χ1n) is 10.2. The number of aliphatic hydroxyl groups is 1. The molecule has 0 saturated carbocycles. The summed E-state index contributed by atoms with van der Waals surface area (Å²) < 4.78 is 12.8. The van der Waals surface area contributed by atoms with Crippen molar-refractivity contribution in [3.8, 4) is 11.5 Å². The van der Waals surface area contributed by atoms with Crippen LogP contribution in [0.15, 0.2) is 30.6 Å². The summed E-state index contributed by atoms with van der Waals surface area (Å²) in [7, 11) is 3.17. The molecule has 2 aromatic heterocycles. The number of methoxy groups -OCH3 is 2. The van der Waals surface area contributed by atoms with Gasteiger partial charge >= 0.3 is 0 Å². The van der Waals surface area contributed by atoms with Gasteiger partial charge in [-0.3, -0.25) is 4.79 Å². The second-order valence-corrected chi connectivity index (χ2v) is 7.79. The third-order valence-electron chi connectivity index (χ3n) is 5.94. The molecule has 0 spiro atoms. The number of ether oxygens (including phenoxy) is 2. The first-order chi connectivity index (χ1) is 14.5. The Bertz CT molecular complexity index is 1050. The molecule has 1 aromatic carbocycles. The number of nitrogens with zero attached hydrogens (tertiary/aromatic N) is 3. The molecule has 1 amide bonds. The normalized spacial score (nSPS) is 16.1. The Kier molecular flexibility index (Phi) is 5.42. The van der Waals surface area contributed by atoms with Gasteiger partial charge in [0.1, 0.15) is 11.5 Å². The Hall–Kier alpha value is -3.00. The third-order valence-corrected chi connectivity index (χ3v) is 5.94. The Morgan fingerprint density at radius 2 is 2.03 bits per heavy atom. The fraction of sp³-hybridized carbons (Fsp3) is 0.455. The summed E-state index contributed by atoms with van der Waals surface area (Å²) in [4.78, 5) is 22.4. The molecule has 1 aliphatic rings. The van der Waals surface area contributed by atoms with Crippen molar-refractivity contribution in [2.75, 3.05) is 27.3 Å². The Labute approximate surface area is 175 Å². The van der Waals surface area contributed by atoms with E-state index in [9.17, 15) is 9.90 Å². The standard InChI is InChI=1S/C22H28N4O4/c1-4-19-23-9-12-26(19)14-22(28)7-10-25(11-8-22)21(27)17-13-15-16(24-17)5-6-18(29-2)20(15)30-3/h5-6,9,12-13,24,28H,4,7-8,10-11,14H2,1-3H3. The second kappa shape index (κ2) is 8.02. The summed E-state index contributed by atoms with van der Waals surface area (Å²) >= 11 is 0. The molecule has 3 aromatic rings. The van der Waals surface area contributed by atoms with Crippen LogP contribution in [-0.2, 0) is 13.0 Å². The topological polar surface area (TPSA) is 92.6 Å². The van der Waals surface area contributed by atoms with E-state index >= 15 is 0 Å². The highest BCUT2D eigenvalue weighted by atomic mass is 16.5. The van der Waals surface area contributed by atoms with E-state index in [1.807, 2.05) is 22.9 Å². The highest BCUT2D eigenvalue weighted by Crippen LogP contribution is 2.36. The van der Waals surface area contributed by atoms with Crippen molar-refractivity contribution in [1.29, 1.82) is 0 Å². The fourth-order valence-electron chi connectivity index (χ4n) is 4.21. The molecule has 160 valence electrons. The smallest absolute Gasteiger partial charge is 0.270 e. The maximum atomic E-state index is 13.1. The van der Waals surface area contributed by atoms with Gasteiger partial charge in [-0.15, -0.1) is 0 Å². The minimum Gasteiger partial charge on any atom is -0.493 e. The summed E-state index contributed by atoms with van der Waals surface area (Å²) in [6.07, 6.45) is 5.54. The highest BCUT2D eigenvalue weighted by molar-refractivity contribution is 6.00. The van der Waals surface area contributed by atoms with Gasteiger partial charge in [-0.1, -0.05) is 6.92 Å². The van der Waals surface area contributed by atoms with Crippen LogP contribution in [0, 0.1) is 0 Å². The van der Waals surface area contributed by atoms with Crippen LogP contribution >= 0.6 is 0 Å². The van der Waals surface area contributed by atoms with E-state index in [4.69, 9.17) is 9.47 Å². The number of rotatable bonds is 6. The van der Waals surface area contributed by atoms with Gasteiger partial charge in [0, 0.05) is 37.3 Å². The van der Waals surface area contributed by atoms with Crippen molar-refractivity contribution in [3.63, 3.8) is 0 Å². The number of nitrogens with one attached hydrogen (secondary N) is 1. The first kappa shape index (κ1) is 20.3. The molecular formula is C22H28N4O4. The monoisotopic (exact) mass is 412 g/mol. The molecule has 30 heavy (non-hydrogen) atoms. The number of hydrogen-bond donors (Lipinski definition) is 2. The summed E-state index contributed by atoms with van der Waals surface area (Å²) in [5.74, 6) is 2.11. The van der Waals surface area contributed by atoms with Gasteiger partial charge in [0.25, 0.3) is 5.91 Å². The lowest BCUT2D eigenvalue weighted by molar-refractivity contribution is -0.0297. The molecule has 0 radical (unpaired) electrons. The van der Waals surface area contributed by atoms with Gasteiger partial charge < -0.3 is 29.0 Å². The van der Waals surface area contributed by atoms with E-state index in [1.165, 1.54) is 0 Å². The van der Waals surface area contributed by atoms with E-state index in [0.29, 0.717) is 49.7 Å². The largest absolute Gasteiger partial charge is 0.493 e. The number of aromatic amines is 1. The maximum Gasteiger partial charge on any atom is 0.270 e. The minimum absolute atomic E-state index is 0.0776. The highest BCUT2D eigenvalue weighted by Gasteiger charge is 2.35. The summed E-state index contributed by atoms with van der Waals surface area (Å²) in [6.45, 7) is 3.55. The van der Waals surface area contributed by atoms with Crippen LogP contribution in [0.25, 0.3) is 10.9 Å². The number of carbonyl (C=O) groups is 1. The number of hydrogen-bond acceptors (Lipinski definition) is 5. The molecular weight excluding hydrogens is 384 g/mol. The average molecular weight is 412 g/mol. The molecule has 0 unspecified atom stereocenters. The average Bonchev–Trinajstić information content (AvgIpc) is 3.39. The van der Waals surface area contributed by atoms with Gasteiger partial charge in [-0.05, 0) is 31.0 Å². The SMILES string of the molecule is CCc1nccn1CC1(O)CCN(C(=O)c2cc3c(OC)c(OC)ccc3[nH]2)CC1. The van der Waals surface area contributed by atoms with Crippen LogP contribution in [0.2, 0.25) is 0 Å². The van der Waals surface area contributed by atoms with Crippen LogP contribution < -0.4 is 9.47 Å². The first-order valence-corrected chi connectivity index (χ1v) is 10.2. The zero-order chi connectivity index (χ0) is 21.3. The van der Waals surface area contributed by atoms with Crippen LogP contribution in [0.1, 0.15) is 36.1 Å². The van der Waals surface area contributed by atoms with E-state index in [1.54, 1.807) is 31.4 Å². The number of likely N-dealkylation sites (tertiary alicyclic amines) is 1. The number of fused-ring (bicyclic) bond motifs is 1. The summed E-state index contributed by atoms with van der Waals surface area (Å²) in [6, 6.07) is 5.49. The van der Waals surface area contributed by atoms with E-state index < -0.39 is 5.60 Å². The van der Waals surface area contributed by atoms with Crippen LogP contribution in [0.5, 0.6) is 11.5 Å². The number of aryl methyl sites for hydroxylation is 1. The molecule has 0 aliphatic carbocycles. The molecule has 1 aliphatic heterocycles. The number of amides is 1. The molecule has 0 bridgehead atoms. The van der Waals surface area contributed by atoms with Gasteiger partial charge in [0.05, 0.1) is 31.9 Å². The molecule has 1 saturated heterocycles. The zero-order valence-corrected chi connectivity index (χ0v) is 17.6. The Balaban J connectivity index is 1.48. The van der Waals surface area contributed by atoms with Gasteiger partial charge in [0.15, 0.2) is 11.5 Å². The predicted octanol–water partition coefficient (Wildman–Crippen LogP) is 2.61. The van der Waals surface area contributed by atoms with Crippen molar-refractivity contribution in [2.24, 2.45) is 0 Å². The molecule has 8 nitrogen and oxygen atoms in total. The van der Waals surface area contributed by atoms with Crippen LogP contribution in [0.3, 0.4) is 0 Å². The van der Waals surface area contributed by atoms with Gasteiger partial charge in [0.2, 0.25) is 0 Å². The number of aromatic nitrogens is 3. The van der Waals surface area contributed by atoms with Crippen molar-refractivity contribution in [3.05, 3.63) is 42.1 Å². The van der Waals surface area contributed by atoms with E-state index in [-0.39, 0.29) is 5.91 Å². The van der Waals surface area contributed by atoms with Crippen molar-refractivity contribution < 1.29 is 19.4 Å². The van der Waals surface area contributed by atoms with Crippen LogP contribution in [0.4, 0.5) is 0 Å². The quantitative estimate of drug-likeness (QED) is 0.649. The summed E-state index contributed by atoms with van der Waals surface area (Å²) in [5, 5.41) is 11.9. The number of H-pyrrole nitrogens is 1. The fourth-order valence-corrected chi connectivity index (χ4v) is 4.21. The number of benzene rings is 1. The second-order valence-electron chi connectivity index (χ2n) is 7.79. The number of piperidine rings is 1. The lowest BCUT2D eigenvalue weighted by Gasteiger charge is -2.38. The predicted molar refractivity (Wildman–Crippen MR) is 113 cm³/mol. The number of imidazole rings is 1. The third kappa shape index (κ3) is 3.63. The van der Waals surface area contributed by atoms with Crippen LogP contribution in [-0.4, -0.2) is 63.4 Å². The van der Waals surface area contributed by atoms with Crippen molar-refractivity contribution >= 4 is 16.8 Å². The lowest BCUT2D eigenvalue weighted by atomic mass is 9.91. The maximum absolute atomic E-state index is 13.1. The zero-order valence-electron chi connectivity index (χ0n) is 17.6. The Morgan fingerprint density at radius 1 is 1.27 bits per heavy atom. The van der Waals surface area contributed by atoms with E-state index in [0.717, 1.165) is 23.1 Å².